The van der Waals surface area contributed by atoms with E-state index in [1.807, 2.05) is 24.3 Å². The quantitative estimate of drug-likeness (QED) is 0.538. The van der Waals surface area contributed by atoms with Crippen LogP contribution in [0.15, 0.2) is 82.3 Å². The fourth-order valence-corrected chi connectivity index (χ4v) is 2.95. The van der Waals surface area contributed by atoms with Crippen LogP contribution < -0.4 is 20.3 Å². The van der Waals surface area contributed by atoms with Gasteiger partial charge in [-0.15, -0.1) is 0 Å². The number of pyridine rings is 1. The van der Waals surface area contributed by atoms with Crippen LogP contribution in [0.1, 0.15) is 10.4 Å². The molecule has 0 fully saturated rings. The number of carbonyl (C=O) groups is 1. The second kappa shape index (κ2) is 8.48. The molecule has 2 aromatic carbocycles. The van der Waals surface area contributed by atoms with Gasteiger partial charge >= 0.3 is 0 Å². The van der Waals surface area contributed by atoms with Crippen molar-refractivity contribution in [1.29, 1.82) is 0 Å². The number of anilines is 1. The van der Waals surface area contributed by atoms with E-state index in [0.717, 1.165) is 0 Å². The Kier molecular flexibility index (Phi) is 5.43. The highest BCUT2D eigenvalue weighted by atomic mass is 16.5. The van der Waals surface area contributed by atoms with Crippen LogP contribution in [-0.4, -0.2) is 25.1 Å². The third kappa shape index (κ3) is 4.00. The molecule has 0 aliphatic rings. The van der Waals surface area contributed by atoms with Gasteiger partial charge in [0, 0.05) is 17.6 Å². The molecule has 4 aromatic rings. The van der Waals surface area contributed by atoms with Crippen LogP contribution >= 0.6 is 0 Å². The zero-order valence-electron chi connectivity index (χ0n) is 16.5. The number of fused-ring (bicyclic) bond motifs is 1. The maximum absolute atomic E-state index is 13.0. The largest absolute Gasteiger partial charge is 0.497 e. The summed E-state index contributed by atoms with van der Waals surface area (Å²) in [4.78, 5) is 21.7. The number of para-hydroxylation sites is 1. The molecule has 1 N–H and O–H groups in total. The lowest BCUT2D eigenvalue weighted by Gasteiger charge is -2.08. The van der Waals surface area contributed by atoms with E-state index in [1.54, 1.807) is 62.9 Å². The normalized spacial score (nSPS) is 11.3. The Balaban J connectivity index is 1.89. The predicted octanol–water partition coefficient (Wildman–Crippen LogP) is 4.33. The smallest absolute Gasteiger partial charge is 0.262 e. The number of aromatic nitrogens is 1. The Morgan fingerprint density at radius 1 is 1.00 bits per heavy atom. The van der Waals surface area contributed by atoms with E-state index in [4.69, 9.17) is 13.9 Å². The van der Waals surface area contributed by atoms with E-state index in [0.29, 0.717) is 34.0 Å². The summed E-state index contributed by atoms with van der Waals surface area (Å²) < 4.78 is 16.7. The summed E-state index contributed by atoms with van der Waals surface area (Å²) in [7, 11) is 3.14. The van der Waals surface area contributed by atoms with E-state index in [-0.39, 0.29) is 17.0 Å². The maximum atomic E-state index is 13.0. The van der Waals surface area contributed by atoms with Crippen molar-refractivity contribution in [3.63, 3.8) is 0 Å². The molecule has 4 rings (SSSR count). The van der Waals surface area contributed by atoms with Crippen LogP contribution in [0, 0.1) is 0 Å². The van der Waals surface area contributed by atoms with Crippen molar-refractivity contribution < 1.29 is 18.7 Å². The average Bonchev–Trinajstić information content (AvgIpc) is 2.79. The Morgan fingerprint density at radius 3 is 2.63 bits per heavy atom. The van der Waals surface area contributed by atoms with Crippen LogP contribution in [0.5, 0.6) is 11.5 Å². The summed E-state index contributed by atoms with van der Waals surface area (Å²) in [6.07, 6.45) is 1.60. The third-order valence-corrected chi connectivity index (χ3v) is 4.39. The lowest BCUT2D eigenvalue weighted by molar-refractivity contribution is 0.102. The standard InChI is InChI=1S/C23H19N3O4/c1-28-17-9-6-8-16(14-17)25-23-18(22(27)26-20-11-3-4-12-24-20)13-15-7-5-10-19(29-2)21(15)30-23/h3-14H,1-2H3,(H,24,26,27). The molecular weight excluding hydrogens is 382 g/mol. The molecule has 0 aliphatic heterocycles. The summed E-state index contributed by atoms with van der Waals surface area (Å²) >= 11 is 0. The molecule has 2 aromatic heterocycles. The van der Waals surface area contributed by atoms with E-state index < -0.39 is 0 Å². The van der Waals surface area contributed by atoms with Gasteiger partial charge < -0.3 is 19.2 Å². The van der Waals surface area contributed by atoms with Gasteiger partial charge in [-0.25, -0.2) is 9.98 Å². The Morgan fingerprint density at radius 2 is 1.87 bits per heavy atom. The summed E-state index contributed by atoms with van der Waals surface area (Å²) in [5.74, 6) is 1.24. The predicted molar refractivity (Wildman–Crippen MR) is 113 cm³/mol. The number of benzene rings is 2. The van der Waals surface area contributed by atoms with Gasteiger partial charge in [0.1, 0.15) is 17.1 Å². The molecule has 0 unspecified atom stereocenters. The topological polar surface area (TPSA) is 86.0 Å². The second-order valence-electron chi connectivity index (χ2n) is 6.33. The number of hydrogen-bond acceptors (Lipinski definition) is 6. The number of methoxy groups -OCH3 is 2. The molecule has 0 aliphatic carbocycles. The minimum atomic E-state index is -0.385. The molecule has 150 valence electrons. The zero-order valence-corrected chi connectivity index (χ0v) is 16.5. The molecule has 0 bridgehead atoms. The molecule has 0 spiro atoms. The Labute approximate surface area is 172 Å². The van der Waals surface area contributed by atoms with Gasteiger partial charge in [0.05, 0.1) is 19.9 Å². The van der Waals surface area contributed by atoms with Crippen molar-refractivity contribution in [1.82, 2.24) is 4.98 Å². The fraction of sp³-hybridized carbons (Fsp3) is 0.0870. The number of amides is 1. The van der Waals surface area contributed by atoms with E-state index in [2.05, 4.69) is 15.3 Å². The number of nitrogens with one attached hydrogen (secondary N) is 1. The molecule has 1 amide bonds. The summed E-state index contributed by atoms with van der Waals surface area (Å²) in [6.45, 7) is 0. The molecule has 2 heterocycles. The first-order valence-electron chi connectivity index (χ1n) is 9.20. The van der Waals surface area contributed by atoms with Gasteiger partial charge in [-0.05, 0) is 36.4 Å². The molecular formula is C23H19N3O4. The highest BCUT2D eigenvalue weighted by Gasteiger charge is 2.15. The number of nitrogens with zero attached hydrogens (tertiary/aromatic N) is 2. The monoisotopic (exact) mass is 401 g/mol. The Bertz CT molecular complexity index is 1270. The van der Waals surface area contributed by atoms with Gasteiger partial charge in [0.25, 0.3) is 5.91 Å². The number of hydrogen-bond donors (Lipinski definition) is 1. The van der Waals surface area contributed by atoms with Gasteiger partial charge in [-0.1, -0.05) is 24.3 Å². The van der Waals surface area contributed by atoms with Crippen LogP contribution in [0.3, 0.4) is 0 Å². The molecule has 0 atom stereocenters. The minimum Gasteiger partial charge on any atom is -0.497 e. The SMILES string of the molecule is COc1cccc(N=c2oc3c(OC)cccc3cc2C(=O)Nc2ccccn2)c1. The van der Waals surface area contributed by atoms with Crippen LogP contribution in [0.25, 0.3) is 11.0 Å². The number of rotatable bonds is 5. The summed E-state index contributed by atoms with van der Waals surface area (Å²) in [5, 5.41) is 3.49. The highest BCUT2D eigenvalue weighted by molar-refractivity contribution is 6.05. The Hall–Kier alpha value is -4.13. The third-order valence-electron chi connectivity index (χ3n) is 4.39. The average molecular weight is 401 g/mol. The van der Waals surface area contributed by atoms with Crippen molar-refractivity contribution in [2.75, 3.05) is 19.5 Å². The van der Waals surface area contributed by atoms with E-state index in [9.17, 15) is 4.79 Å². The molecule has 7 nitrogen and oxygen atoms in total. The molecule has 0 saturated carbocycles. The van der Waals surface area contributed by atoms with E-state index in [1.165, 1.54) is 0 Å². The minimum absolute atomic E-state index is 0.147. The highest BCUT2D eigenvalue weighted by Crippen LogP contribution is 2.25. The number of ether oxygens (including phenoxy) is 2. The van der Waals surface area contributed by atoms with Crippen molar-refractivity contribution >= 4 is 28.4 Å². The molecule has 0 radical (unpaired) electrons. The first kappa shape index (κ1) is 19.2. The van der Waals surface area contributed by atoms with Gasteiger partial charge in [0.15, 0.2) is 11.3 Å². The van der Waals surface area contributed by atoms with Crippen molar-refractivity contribution in [3.8, 4) is 11.5 Å². The van der Waals surface area contributed by atoms with Crippen molar-refractivity contribution in [2.24, 2.45) is 4.99 Å². The van der Waals surface area contributed by atoms with Crippen LogP contribution in [0.2, 0.25) is 0 Å². The second-order valence-corrected chi connectivity index (χ2v) is 6.33. The van der Waals surface area contributed by atoms with Crippen molar-refractivity contribution in [2.45, 2.75) is 0 Å². The first-order valence-corrected chi connectivity index (χ1v) is 9.20. The lowest BCUT2D eigenvalue weighted by Crippen LogP contribution is -2.22. The van der Waals surface area contributed by atoms with Crippen molar-refractivity contribution in [3.05, 3.63) is 84.0 Å². The zero-order chi connectivity index (χ0) is 20.9. The van der Waals surface area contributed by atoms with E-state index >= 15 is 0 Å². The lowest BCUT2D eigenvalue weighted by atomic mass is 10.1. The van der Waals surface area contributed by atoms with Gasteiger partial charge in [0.2, 0.25) is 5.55 Å². The molecule has 30 heavy (non-hydrogen) atoms. The number of carbonyl (C=O) groups excluding carboxylic acids is 1. The molecule has 7 heteroatoms. The summed E-state index contributed by atoms with van der Waals surface area (Å²) in [5.41, 5.74) is 1.49. The fourth-order valence-electron chi connectivity index (χ4n) is 2.95. The van der Waals surface area contributed by atoms with Gasteiger partial charge in [-0.3, -0.25) is 4.79 Å². The van der Waals surface area contributed by atoms with Crippen LogP contribution in [-0.2, 0) is 0 Å². The molecule has 0 saturated heterocycles. The maximum Gasteiger partial charge on any atom is 0.262 e. The first-order chi connectivity index (χ1) is 14.7. The summed E-state index contributed by atoms with van der Waals surface area (Å²) in [6, 6.07) is 19.6. The van der Waals surface area contributed by atoms with Gasteiger partial charge in [-0.2, -0.15) is 0 Å². The van der Waals surface area contributed by atoms with Crippen LogP contribution in [0.4, 0.5) is 11.5 Å².